The Morgan fingerprint density at radius 3 is 2.26 bits per heavy atom. The number of hydrogen-bond donors (Lipinski definition) is 3. The van der Waals surface area contributed by atoms with Gasteiger partial charge in [0.15, 0.2) is 5.25 Å². The van der Waals surface area contributed by atoms with Gasteiger partial charge in [-0.1, -0.05) is 12.8 Å². The molecule has 2 atom stereocenters. The first-order valence-corrected chi connectivity index (χ1v) is 9.01. The summed E-state index contributed by atoms with van der Waals surface area (Å²) >= 11 is 0. The normalized spacial score (nSPS) is 21.3. The molecule has 0 heterocycles. The molecule has 10 heteroatoms. The Morgan fingerprint density at radius 2 is 1.78 bits per heavy atom. The number of halogens is 1. The highest BCUT2D eigenvalue weighted by Gasteiger charge is 2.46. The number of aliphatic carboxylic acids is 1. The third-order valence-electron chi connectivity index (χ3n) is 4.02. The van der Waals surface area contributed by atoms with Crippen LogP contribution in [0, 0.1) is 5.92 Å². The summed E-state index contributed by atoms with van der Waals surface area (Å²) in [5.41, 5.74) is 5.62. The number of sulfonamides is 1. The zero-order valence-corrected chi connectivity index (χ0v) is 14.3. The second-order valence-corrected chi connectivity index (χ2v) is 7.76. The van der Waals surface area contributed by atoms with E-state index in [0.717, 1.165) is 25.7 Å². The number of nitrogens with one attached hydrogen (secondary N) is 1. The molecule has 2 saturated carbocycles. The number of carboxylic acids is 1. The summed E-state index contributed by atoms with van der Waals surface area (Å²) in [6, 6.07) is -1.14. The molecule has 0 radical (unpaired) electrons. The van der Waals surface area contributed by atoms with Crippen molar-refractivity contribution in [2.24, 2.45) is 11.7 Å². The fourth-order valence-electron chi connectivity index (χ4n) is 2.64. The number of hydrogen-bond acceptors (Lipinski definition) is 6. The van der Waals surface area contributed by atoms with Crippen molar-refractivity contribution in [1.82, 2.24) is 4.72 Å². The van der Waals surface area contributed by atoms with Crippen molar-refractivity contribution in [1.29, 1.82) is 0 Å². The second-order valence-electron chi connectivity index (χ2n) is 5.95. The van der Waals surface area contributed by atoms with E-state index in [1.807, 2.05) is 0 Å². The Labute approximate surface area is 141 Å². The molecule has 134 valence electrons. The van der Waals surface area contributed by atoms with E-state index in [4.69, 9.17) is 15.6 Å². The van der Waals surface area contributed by atoms with E-state index in [0.29, 0.717) is 12.8 Å². The average molecular weight is 371 g/mol. The maximum absolute atomic E-state index is 12.0. The molecular weight excluding hydrogens is 348 g/mol. The molecule has 0 aliphatic heterocycles. The minimum atomic E-state index is -4.27. The average Bonchev–Trinajstić information content (AvgIpc) is 3.08. The smallest absolute Gasteiger partial charge is 0.324 e. The van der Waals surface area contributed by atoms with Crippen LogP contribution in [0.25, 0.3) is 0 Å². The van der Waals surface area contributed by atoms with Gasteiger partial charge in [0, 0.05) is 0 Å². The molecule has 23 heavy (non-hydrogen) atoms. The first-order valence-electron chi connectivity index (χ1n) is 7.46. The van der Waals surface area contributed by atoms with E-state index < -0.39 is 39.1 Å². The van der Waals surface area contributed by atoms with Crippen LogP contribution in [0.1, 0.15) is 38.5 Å². The van der Waals surface area contributed by atoms with E-state index in [2.05, 4.69) is 0 Å². The Hall–Kier alpha value is -0.900. The lowest BCUT2D eigenvalue weighted by atomic mass is 10.3. The molecule has 2 aliphatic rings. The van der Waals surface area contributed by atoms with Gasteiger partial charge in [-0.15, -0.1) is 12.4 Å². The molecule has 1 amide bonds. The van der Waals surface area contributed by atoms with Crippen LogP contribution in [0.2, 0.25) is 0 Å². The van der Waals surface area contributed by atoms with Gasteiger partial charge in [-0.05, 0) is 31.6 Å². The van der Waals surface area contributed by atoms with Gasteiger partial charge in [0.25, 0.3) is 5.91 Å². The van der Waals surface area contributed by atoms with E-state index in [1.165, 1.54) is 0 Å². The lowest BCUT2D eigenvalue weighted by Gasteiger charge is -2.18. The van der Waals surface area contributed by atoms with Crippen LogP contribution in [-0.2, 0) is 24.3 Å². The van der Waals surface area contributed by atoms with Crippen molar-refractivity contribution < 1.29 is 27.9 Å². The predicted octanol–water partition coefficient (Wildman–Crippen LogP) is 0.00390. The van der Waals surface area contributed by atoms with E-state index in [-0.39, 0.29) is 25.1 Å². The summed E-state index contributed by atoms with van der Waals surface area (Å²) in [6.07, 6.45) is 5.09. The van der Waals surface area contributed by atoms with Crippen molar-refractivity contribution in [3.05, 3.63) is 0 Å². The topological polar surface area (TPSA) is 136 Å². The molecule has 0 aromatic carbocycles. The summed E-state index contributed by atoms with van der Waals surface area (Å²) in [4.78, 5) is 22.9. The highest BCUT2D eigenvalue weighted by molar-refractivity contribution is 7.91. The highest BCUT2D eigenvalue weighted by Crippen LogP contribution is 2.36. The summed E-state index contributed by atoms with van der Waals surface area (Å²) in [6.45, 7) is -0.0762. The molecule has 0 aromatic heterocycles. The molecule has 2 aliphatic carbocycles. The molecule has 0 aromatic rings. The number of carbonyl (C=O) groups excluding carboxylic acids is 1. The Kier molecular flexibility index (Phi) is 7.25. The summed E-state index contributed by atoms with van der Waals surface area (Å²) < 4.78 is 31.3. The number of carboxylic acid groups (broad SMARTS) is 1. The van der Waals surface area contributed by atoms with Crippen molar-refractivity contribution in [2.45, 2.75) is 55.9 Å². The van der Waals surface area contributed by atoms with Crippen LogP contribution in [0.4, 0.5) is 0 Å². The molecule has 0 bridgehead atoms. The van der Waals surface area contributed by atoms with Crippen LogP contribution < -0.4 is 10.5 Å². The standard InChI is InChI=1S/C13H22N2O6S.ClH/c14-10(7-21-9-3-1-2-4-9)12(16)15-22(19,20)11(13(17)18)8-5-6-8;/h8-11H,1-7,14H2,(H,15,16)(H,17,18);1H. The summed E-state index contributed by atoms with van der Waals surface area (Å²) in [5.74, 6) is -2.81. The van der Waals surface area contributed by atoms with Crippen LogP contribution in [-0.4, -0.2) is 49.4 Å². The zero-order chi connectivity index (χ0) is 16.3. The van der Waals surface area contributed by atoms with E-state index >= 15 is 0 Å². The van der Waals surface area contributed by atoms with Gasteiger partial charge < -0.3 is 15.6 Å². The first kappa shape index (κ1) is 20.1. The molecule has 0 saturated heterocycles. The molecule has 4 N–H and O–H groups in total. The second kappa shape index (κ2) is 8.27. The minimum Gasteiger partial charge on any atom is -0.480 e. The Morgan fingerprint density at radius 1 is 1.22 bits per heavy atom. The monoisotopic (exact) mass is 370 g/mol. The molecular formula is C13H23ClN2O6S. The van der Waals surface area contributed by atoms with E-state index in [9.17, 15) is 18.0 Å². The van der Waals surface area contributed by atoms with Crippen LogP contribution in [0.5, 0.6) is 0 Å². The fraction of sp³-hybridized carbons (Fsp3) is 0.846. The minimum absolute atomic E-state index is 0. The SMILES string of the molecule is Cl.NC(COC1CCCC1)C(=O)NS(=O)(=O)C(C(=O)O)C1CC1. The third kappa shape index (κ3) is 5.59. The van der Waals surface area contributed by atoms with Gasteiger partial charge >= 0.3 is 5.97 Å². The maximum Gasteiger partial charge on any atom is 0.324 e. The van der Waals surface area contributed by atoms with Crippen molar-refractivity contribution in [2.75, 3.05) is 6.61 Å². The number of ether oxygens (including phenoxy) is 1. The fourth-order valence-corrected chi connectivity index (χ4v) is 4.24. The predicted molar refractivity (Wildman–Crippen MR) is 84.6 cm³/mol. The van der Waals surface area contributed by atoms with Gasteiger partial charge in [0.2, 0.25) is 10.0 Å². The summed E-state index contributed by atoms with van der Waals surface area (Å²) in [5, 5.41) is 7.43. The molecule has 2 unspecified atom stereocenters. The van der Waals surface area contributed by atoms with Crippen LogP contribution >= 0.6 is 12.4 Å². The van der Waals surface area contributed by atoms with Gasteiger partial charge in [0.1, 0.15) is 6.04 Å². The van der Waals surface area contributed by atoms with Crippen LogP contribution in [0.3, 0.4) is 0 Å². The molecule has 2 fully saturated rings. The van der Waals surface area contributed by atoms with Crippen molar-refractivity contribution >= 4 is 34.3 Å². The maximum atomic E-state index is 12.0. The Bertz CT molecular complexity index is 531. The number of carbonyl (C=O) groups is 2. The molecule has 0 spiro atoms. The van der Waals surface area contributed by atoms with Gasteiger partial charge in [-0.3, -0.25) is 14.3 Å². The lowest BCUT2D eigenvalue weighted by molar-refractivity contribution is -0.136. The van der Waals surface area contributed by atoms with E-state index in [1.54, 1.807) is 4.72 Å². The molecule has 8 nitrogen and oxygen atoms in total. The van der Waals surface area contributed by atoms with Gasteiger partial charge in [-0.25, -0.2) is 8.42 Å². The number of rotatable bonds is 8. The van der Waals surface area contributed by atoms with Crippen molar-refractivity contribution in [3.63, 3.8) is 0 Å². The molecule has 2 rings (SSSR count). The Balaban J connectivity index is 0.00000264. The van der Waals surface area contributed by atoms with Crippen molar-refractivity contribution in [3.8, 4) is 0 Å². The summed E-state index contributed by atoms with van der Waals surface area (Å²) in [7, 11) is -4.27. The third-order valence-corrected chi connectivity index (χ3v) is 5.76. The zero-order valence-electron chi connectivity index (χ0n) is 12.6. The van der Waals surface area contributed by atoms with Crippen LogP contribution in [0.15, 0.2) is 0 Å². The largest absolute Gasteiger partial charge is 0.480 e. The van der Waals surface area contributed by atoms with Gasteiger partial charge in [-0.2, -0.15) is 0 Å². The first-order chi connectivity index (χ1) is 10.3. The number of amides is 1. The number of nitrogens with two attached hydrogens (primary N) is 1. The quantitative estimate of drug-likeness (QED) is 0.547. The van der Waals surface area contributed by atoms with Gasteiger partial charge in [0.05, 0.1) is 12.7 Å². The highest BCUT2D eigenvalue weighted by atomic mass is 35.5. The lowest BCUT2D eigenvalue weighted by Crippen LogP contribution is -2.50.